The molecule has 0 saturated heterocycles. The molecule has 1 fully saturated rings. The number of rotatable bonds is 4. The first-order chi connectivity index (χ1) is 7.40. The average Bonchev–Trinajstić information content (AvgIpc) is 2.79. The first kappa shape index (κ1) is 10.6. The maximum absolute atomic E-state index is 5.45. The highest BCUT2D eigenvalue weighted by Gasteiger charge is 2.24. The molecule has 0 radical (unpaired) electrons. The van der Waals surface area contributed by atoms with Crippen molar-refractivity contribution in [3.8, 4) is 0 Å². The van der Waals surface area contributed by atoms with Gasteiger partial charge in [-0.15, -0.1) is 0 Å². The quantitative estimate of drug-likeness (QED) is 0.808. The van der Waals surface area contributed by atoms with E-state index in [-0.39, 0.29) is 0 Å². The Morgan fingerprint density at radius 1 is 1.53 bits per heavy atom. The van der Waals surface area contributed by atoms with Crippen LogP contribution in [0.1, 0.15) is 31.5 Å². The normalized spacial score (nSPS) is 26.7. The summed E-state index contributed by atoms with van der Waals surface area (Å²) >= 11 is 0. The molecule has 2 unspecified atom stereocenters. The Labute approximate surface area is 89.2 Å². The van der Waals surface area contributed by atoms with Gasteiger partial charge in [0.05, 0.1) is 12.6 Å². The minimum atomic E-state index is 0.325. The highest BCUT2D eigenvalue weighted by Crippen LogP contribution is 2.20. The maximum Gasteiger partial charge on any atom is 0.213 e. The van der Waals surface area contributed by atoms with Crippen LogP contribution in [0.5, 0.6) is 0 Å². The summed E-state index contributed by atoms with van der Waals surface area (Å²) in [6, 6.07) is 0.419. The van der Waals surface area contributed by atoms with Crippen molar-refractivity contribution in [3.63, 3.8) is 0 Å². The van der Waals surface area contributed by atoms with Crippen LogP contribution in [-0.2, 0) is 11.3 Å². The van der Waals surface area contributed by atoms with E-state index < -0.39 is 0 Å². The van der Waals surface area contributed by atoms with Crippen LogP contribution in [0.3, 0.4) is 0 Å². The van der Waals surface area contributed by atoms with Crippen LogP contribution in [-0.4, -0.2) is 29.4 Å². The number of nitrogens with one attached hydrogen (secondary N) is 1. The molecule has 1 N–H and O–H groups in total. The molecule has 1 aliphatic rings. The third-order valence-electron chi connectivity index (χ3n) is 2.93. The van der Waals surface area contributed by atoms with Crippen molar-refractivity contribution < 1.29 is 9.26 Å². The molecule has 0 aromatic carbocycles. The second-order valence-electron chi connectivity index (χ2n) is 3.89. The molecule has 2 atom stereocenters. The summed E-state index contributed by atoms with van der Waals surface area (Å²) in [6.45, 7) is 0.654. The minimum Gasteiger partial charge on any atom is -0.380 e. The van der Waals surface area contributed by atoms with Crippen LogP contribution in [0.4, 0.5) is 0 Å². The van der Waals surface area contributed by atoms with Crippen LogP contribution in [0, 0.1) is 0 Å². The molecule has 0 aliphatic heterocycles. The van der Waals surface area contributed by atoms with Crippen molar-refractivity contribution in [2.45, 2.75) is 44.4 Å². The topological polar surface area (TPSA) is 60.2 Å². The summed E-state index contributed by atoms with van der Waals surface area (Å²) in [5, 5.41) is 7.18. The fraction of sp³-hybridized carbons (Fsp3) is 0.800. The van der Waals surface area contributed by atoms with Gasteiger partial charge in [-0.2, -0.15) is 4.98 Å². The Morgan fingerprint density at radius 3 is 3.13 bits per heavy atom. The molecule has 2 rings (SSSR count). The molecule has 1 heterocycles. The molecule has 5 heteroatoms. The van der Waals surface area contributed by atoms with Crippen LogP contribution in [0.25, 0.3) is 0 Å². The number of ether oxygens (including phenoxy) is 1. The molecule has 1 aromatic heterocycles. The highest BCUT2D eigenvalue weighted by molar-refractivity contribution is 4.85. The van der Waals surface area contributed by atoms with Gasteiger partial charge in [0.1, 0.15) is 0 Å². The fourth-order valence-electron chi connectivity index (χ4n) is 2.11. The van der Waals surface area contributed by atoms with E-state index in [0.717, 1.165) is 12.8 Å². The lowest BCUT2D eigenvalue weighted by atomic mass is 9.92. The molecule has 15 heavy (non-hydrogen) atoms. The van der Waals surface area contributed by atoms with Gasteiger partial charge in [0.25, 0.3) is 0 Å². The fourth-order valence-corrected chi connectivity index (χ4v) is 2.11. The lowest BCUT2D eigenvalue weighted by Gasteiger charge is -2.30. The SMILES string of the molecule is COC1CCCCC1NCc1ncon1. The monoisotopic (exact) mass is 211 g/mol. The van der Waals surface area contributed by atoms with E-state index in [1.807, 2.05) is 0 Å². The molecule has 1 saturated carbocycles. The number of hydrogen-bond donors (Lipinski definition) is 1. The summed E-state index contributed by atoms with van der Waals surface area (Å²) < 4.78 is 10.1. The third kappa shape index (κ3) is 2.76. The van der Waals surface area contributed by atoms with Gasteiger partial charge in [-0.3, -0.25) is 0 Å². The first-order valence-electron chi connectivity index (χ1n) is 5.41. The molecule has 1 aromatic rings. The number of nitrogens with zero attached hydrogens (tertiary/aromatic N) is 2. The highest BCUT2D eigenvalue weighted by atomic mass is 16.5. The lowest BCUT2D eigenvalue weighted by molar-refractivity contribution is 0.0410. The molecule has 0 amide bonds. The molecule has 0 spiro atoms. The minimum absolute atomic E-state index is 0.325. The van der Waals surface area contributed by atoms with E-state index in [1.165, 1.54) is 19.2 Å². The van der Waals surface area contributed by atoms with Gasteiger partial charge in [-0.1, -0.05) is 18.0 Å². The van der Waals surface area contributed by atoms with Crippen molar-refractivity contribution in [2.24, 2.45) is 0 Å². The Morgan fingerprint density at radius 2 is 2.40 bits per heavy atom. The van der Waals surface area contributed by atoms with Gasteiger partial charge in [0.15, 0.2) is 5.82 Å². The van der Waals surface area contributed by atoms with E-state index in [1.54, 1.807) is 7.11 Å². The number of hydrogen-bond acceptors (Lipinski definition) is 5. The Bertz CT molecular complexity index is 276. The molecule has 1 aliphatic carbocycles. The van der Waals surface area contributed by atoms with E-state index in [4.69, 9.17) is 4.74 Å². The van der Waals surface area contributed by atoms with Crippen LogP contribution >= 0.6 is 0 Å². The van der Waals surface area contributed by atoms with E-state index in [2.05, 4.69) is 20.0 Å². The van der Waals surface area contributed by atoms with E-state index in [0.29, 0.717) is 24.5 Å². The number of methoxy groups -OCH3 is 1. The summed E-state index contributed by atoms with van der Waals surface area (Å²) in [5.74, 6) is 0.704. The lowest BCUT2D eigenvalue weighted by Crippen LogP contribution is -2.42. The van der Waals surface area contributed by atoms with Crippen LogP contribution in [0.2, 0.25) is 0 Å². The maximum atomic E-state index is 5.45. The molecular formula is C10H17N3O2. The van der Waals surface area contributed by atoms with Crippen molar-refractivity contribution >= 4 is 0 Å². The second-order valence-corrected chi connectivity index (χ2v) is 3.89. The Kier molecular flexibility index (Phi) is 3.69. The van der Waals surface area contributed by atoms with Crippen LogP contribution < -0.4 is 5.32 Å². The molecule has 0 bridgehead atoms. The van der Waals surface area contributed by atoms with Crippen molar-refractivity contribution in [1.82, 2.24) is 15.5 Å². The van der Waals surface area contributed by atoms with E-state index >= 15 is 0 Å². The zero-order chi connectivity index (χ0) is 10.5. The first-order valence-corrected chi connectivity index (χ1v) is 5.41. The van der Waals surface area contributed by atoms with Gasteiger partial charge >= 0.3 is 0 Å². The Balaban J connectivity index is 1.81. The van der Waals surface area contributed by atoms with E-state index in [9.17, 15) is 0 Å². The summed E-state index contributed by atoms with van der Waals surface area (Å²) in [4.78, 5) is 3.97. The average molecular weight is 211 g/mol. The molecule has 84 valence electrons. The van der Waals surface area contributed by atoms with Gasteiger partial charge in [0.2, 0.25) is 6.39 Å². The zero-order valence-corrected chi connectivity index (χ0v) is 8.98. The second kappa shape index (κ2) is 5.23. The number of aromatic nitrogens is 2. The van der Waals surface area contributed by atoms with Gasteiger partial charge in [-0.05, 0) is 12.8 Å². The van der Waals surface area contributed by atoms with Crippen LogP contribution in [0.15, 0.2) is 10.9 Å². The standard InChI is InChI=1S/C10H17N3O2/c1-14-9-5-3-2-4-8(9)11-6-10-12-7-15-13-10/h7-9,11H,2-6H2,1H3. The smallest absolute Gasteiger partial charge is 0.213 e. The molecular weight excluding hydrogens is 194 g/mol. The van der Waals surface area contributed by atoms with Gasteiger partial charge in [-0.25, -0.2) is 0 Å². The van der Waals surface area contributed by atoms with Crippen molar-refractivity contribution in [1.29, 1.82) is 0 Å². The van der Waals surface area contributed by atoms with Gasteiger partial charge in [0, 0.05) is 13.2 Å². The predicted molar refractivity (Wildman–Crippen MR) is 54.2 cm³/mol. The predicted octanol–water partition coefficient (Wildman–Crippen LogP) is 1.12. The van der Waals surface area contributed by atoms with Crippen molar-refractivity contribution in [2.75, 3.05) is 7.11 Å². The summed E-state index contributed by atoms with van der Waals surface area (Å²) in [6.07, 6.45) is 6.51. The summed E-state index contributed by atoms with van der Waals surface area (Å²) in [7, 11) is 1.78. The molecule has 5 nitrogen and oxygen atoms in total. The summed E-state index contributed by atoms with van der Waals surface area (Å²) in [5.41, 5.74) is 0. The Hall–Kier alpha value is -0.940. The third-order valence-corrected chi connectivity index (χ3v) is 2.93. The zero-order valence-electron chi connectivity index (χ0n) is 8.98. The largest absolute Gasteiger partial charge is 0.380 e. The van der Waals surface area contributed by atoms with Gasteiger partial charge < -0.3 is 14.6 Å². The van der Waals surface area contributed by atoms with Crippen molar-refractivity contribution in [3.05, 3.63) is 12.2 Å².